The van der Waals surface area contributed by atoms with Crippen molar-refractivity contribution in [3.8, 4) is 0 Å². The minimum absolute atomic E-state index is 0.0138. The highest BCUT2D eigenvalue weighted by Crippen LogP contribution is 2.30. The maximum absolute atomic E-state index is 12.4. The lowest BCUT2D eigenvalue weighted by Crippen LogP contribution is -2.33. The number of benzene rings is 1. The number of anilines is 1. The lowest BCUT2D eigenvalue weighted by atomic mass is 10.1. The van der Waals surface area contributed by atoms with E-state index < -0.39 is 11.2 Å². The van der Waals surface area contributed by atoms with Crippen molar-refractivity contribution in [1.82, 2.24) is 4.90 Å². The third-order valence-electron chi connectivity index (χ3n) is 3.70. The first kappa shape index (κ1) is 20.0. The van der Waals surface area contributed by atoms with Crippen LogP contribution in [0.1, 0.15) is 37.6 Å². The third-order valence-corrected chi connectivity index (χ3v) is 4.91. The molecule has 0 saturated carbocycles. The minimum Gasteiger partial charge on any atom is -0.462 e. The Morgan fingerprint density at radius 1 is 1.27 bits per heavy atom. The van der Waals surface area contributed by atoms with E-state index in [1.54, 1.807) is 36.1 Å². The molecule has 140 valence electrons. The second-order valence-electron chi connectivity index (χ2n) is 5.46. The number of aliphatic imine (C=N–C) groups is 1. The van der Waals surface area contributed by atoms with Gasteiger partial charge in [0.2, 0.25) is 11.8 Å². The van der Waals surface area contributed by atoms with Gasteiger partial charge >= 0.3 is 5.97 Å². The summed E-state index contributed by atoms with van der Waals surface area (Å²) in [5.74, 6) is -0.941. The number of esters is 1. The Bertz CT molecular complexity index is 720. The third kappa shape index (κ3) is 4.63. The molecule has 1 aliphatic heterocycles. The fourth-order valence-electron chi connectivity index (χ4n) is 2.54. The first-order valence-electron chi connectivity index (χ1n) is 8.60. The fourth-order valence-corrected chi connectivity index (χ4v) is 3.80. The van der Waals surface area contributed by atoms with Gasteiger partial charge in [-0.2, -0.15) is 0 Å². The van der Waals surface area contributed by atoms with E-state index in [4.69, 9.17) is 4.74 Å². The molecule has 0 spiro atoms. The molecule has 2 rings (SSSR count). The van der Waals surface area contributed by atoms with Crippen LogP contribution in [0, 0.1) is 0 Å². The van der Waals surface area contributed by atoms with Crippen molar-refractivity contribution in [2.24, 2.45) is 4.99 Å². The van der Waals surface area contributed by atoms with Crippen LogP contribution in [0.4, 0.5) is 5.69 Å². The van der Waals surface area contributed by atoms with Gasteiger partial charge < -0.3 is 10.1 Å². The predicted octanol–water partition coefficient (Wildman–Crippen LogP) is 2.53. The van der Waals surface area contributed by atoms with Gasteiger partial charge in [-0.15, -0.1) is 0 Å². The molecule has 1 aromatic carbocycles. The van der Waals surface area contributed by atoms with Crippen LogP contribution < -0.4 is 5.32 Å². The highest BCUT2D eigenvalue weighted by atomic mass is 32.2. The van der Waals surface area contributed by atoms with Gasteiger partial charge in [0, 0.05) is 19.5 Å². The van der Waals surface area contributed by atoms with E-state index in [2.05, 4.69) is 10.3 Å². The zero-order chi connectivity index (χ0) is 19.1. The summed E-state index contributed by atoms with van der Waals surface area (Å²) in [7, 11) is 0. The van der Waals surface area contributed by atoms with Gasteiger partial charge in [-0.1, -0.05) is 23.9 Å². The smallest absolute Gasteiger partial charge is 0.340 e. The number of hydrogen-bond acceptors (Lipinski definition) is 6. The summed E-state index contributed by atoms with van der Waals surface area (Å²) in [5, 5.41) is 2.87. The first-order valence-corrected chi connectivity index (χ1v) is 9.48. The number of amides is 2. The molecule has 0 radical (unpaired) electrons. The number of carbonyl (C=O) groups is 3. The SMILES string of the molecule is CCN=C1S[C@@H](CC(=O)Nc2ccccc2C(=O)OCC)C(=O)N1CC. The number of ether oxygens (including phenoxy) is 1. The van der Waals surface area contributed by atoms with Gasteiger partial charge in [-0.3, -0.25) is 19.5 Å². The normalized spacial score (nSPS) is 18.3. The van der Waals surface area contributed by atoms with Gasteiger partial charge in [-0.25, -0.2) is 4.79 Å². The Kier molecular flexibility index (Phi) is 7.20. The maximum Gasteiger partial charge on any atom is 0.340 e. The van der Waals surface area contributed by atoms with E-state index in [-0.39, 0.29) is 30.4 Å². The van der Waals surface area contributed by atoms with E-state index in [1.807, 2.05) is 13.8 Å². The molecule has 2 amide bonds. The molecule has 1 N–H and O–H groups in total. The molecule has 7 nitrogen and oxygen atoms in total. The van der Waals surface area contributed by atoms with E-state index >= 15 is 0 Å². The van der Waals surface area contributed by atoms with Gasteiger partial charge in [0.25, 0.3) is 0 Å². The molecule has 1 heterocycles. The van der Waals surface area contributed by atoms with Gasteiger partial charge in [0.05, 0.1) is 17.9 Å². The largest absolute Gasteiger partial charge is 0.462 e. The van der Waals surface area contributed by atoms with Crippen molar-refractivity contribution in [3.05, 3.63) is 29.8 Å². The molecular formula is C18H23N3O4S. The summed E-state index contributed by atoms with van der Waals surface area (Å²) in [6, 6.07) is 6.65. The predicted molar refractivity (Wildman–Crippen MR) is 102 cm³/mol. The Morgan fingerprint density at radius 3 is 2.65 bits per heavy atom. The van der Waals surface area contributed by atoms with Crippen molar-refractivity contribution in [2.75, 3.05) is 25.0 Å². The lowest BCUT2D eigenvalue weighted by molar-refractivity contribution is -0.128. The van der Waals surface area contributed by atoms with Gasteiger partial charge in [0.15, 0.2) is 5.17 Å². The Labute approximate surface area is 157 Å². The van der Waals surface area contributed by atoms with Crippen molar-refractivity contribution >= 4 is 40.4 Å². The summed E-state index contributed by atoms with van der Waals surface area (Å²) in [6.07, 6.45) is 0.0138. The van der Waals surface area contributed by atoms with Crippen LogP contribution in [0.5, 0.6) is 0 Å². The molecule has 0 unspecified atom stereocenters. The van der Waals surface area contributed by atoms with Crippen molar-refractivity contribution in [3.63, 3.8) is 0 Å². The first-order chi connectivity index (χ1) is 12.5. The molecular weight excluding hydrogens is 354 g/mol. The van der Waals surface area contributed by atoms with Gasteiger partial charge in [0.1, 0.15) is 5.25 Å². The number of nitrogens with one attached hydrogen (secondary N) is 1. The molecule has 0 aromatic heterocycles. The second kappa shape index (κ2) is 9.38. The van der Waals surface area contributed by atoms with E-state index in [9.17, 15) is 14.4 Å². The van der Waals surface area contributed by atoms with Crippen molar-refractivity contribution < 1.29 is 19.1 Å². The molecule has 1 atom stereocenters. The summed E-state index contributed by atoms with van der Waals surface area (Å²) >= 11 is 1.31. The molecule has 8 heteroatoms. The minimum atomic E-state index is -0.505. The molecule has 1 saturated heterocycles. The van der Waals surface area contributed by atoms with Crippen LogP contribution in [-0.4, -0.2) is 52.8 Å². The molecule has 1 fully saturated rings. The topological polar surface area (TPSA) is 88.1 Å². The molecule has 0 bridgehead atoms. The standard InChI is InChI=1S/C18H23N3O4S/c1-4-19-18-21(5-2)16(23)14(26-18)11-15(22)20-13-10-8-7-9-12(13)17(24)25-6-3/h7-10,14H,4-6,11H2,1-3H3,(H,20,22)/t14-/m0/s1. The number of nitrogens with zero attached hydrogens (tertiary/aromatic N) is 2. The zero-order valence-electron chi connectivity index (χ0n) is 15.2. The summed E-state index contributed by atoms with van der Waals surface area (Å²) in [6.45, 7) is 6.85. The second-order valence-corrected chi connectivity index (χ2v) is 6.63. The van der Waals surface area contributed by atoms with Crippen LogP contribution in [0.3, 0.4) is 0 Å². The van der Waals surface area contributed by atoms with Crippen LogP contribution in [-0.2, 0) is 14.3 Å². The quantitative estimate of drug-likeness (QED) is 0.738. The average molecular weight is 377 g/mol. The Hall–Kier alpha value is -2.35. The van der Waals surface area contributed by atoms with E-state index in [1.165, 1.54) is 11.8 Å². The van der Waals surface area contributed by atoms with E-state index in [0.29, 0.717) is 23.9 Å². The summed E-state index contributed by atoms with van der Waals surface area (Å²) < 4.78 is 5.00. The Balaban J connectivity index is 2.07. The lowest BCUT2D eigenvalue weighted by Gasteiger charge is -2.13. The van der Waals surface area contributed by atoms with Crippen LogP contribution in [0.25, 0.3) is 0 Å². The summed E-state index contributed by atoms with van der Waals surface area (Å²) in [4.78, 5) is 42.8. The highest BCUT2D eigenvalue weighted by Gasteiger charge is 2.38. The molecule has 0 aliphatic carbocycles. The van der Waals surface area contributed by atoms with Crippen molar-refractivity contribution in [1.29, 1.82) is 0 Å². The molecule has 1 aliphatic rings. The van der Waals surface area contributed by atoms with Crippen LogP contribution >= 0.6 is 11.8 Å². The maximum atomic E-state index is 12.4. The van der Waals surface area contributed by atoms with Crippen LogP contribution in [0.2, 0.25) is 0 Å². The Morgan fingerprint density at radius 2 is 2.00 bits per heavy atom. The number of carbonyl (C=O) groups excluding carboxylic acids is 3. The zero-order valence-corrected chi connectivity index (χ0v) is 16.0. The number of hydrogen-bond donors (Lipinski definition) is 1. The monoisotopic (exact) mass is 377 g/mol. The average Bonchev–Trinajstić information content (AvgIpc) is 2.90. The number of thioether (sulfide) groups is 1. The number of rotatable bonds is 7. The van der Waals surface area contributed by atoms with Crippen molar-refractivity contribution in [2.45, 2.75) is 32.4 Å². The number of amidine groups is 1. The molecule has 1 aromatic rings. The van der Waals surface area contributed by atoms with Gasteiger partial charge in [-0.05, 0) is 32.9 Å². The summed E-state index contributed by atoms with van der Waals surface area (Å²) in [5.41, 5.74) is 0.665. The van der Waals surface area contributed by atoms with E-state index in [0.717, 1.165) is 0 Å². The number of para-hydroxylation sites is 1. The molecule has 26 heavy (non-hydrogen) atoms. The highest BCUT2D eigenvalue weighted by molar-refractivity contribution is 8.15. The fraction of sp³-hybridized carbons (Fsp3) is 0.444. The van der Waals surface area contributed by atoms with Crippen LogP contribution in [0.15, 0.2) is 29.3 Å².